The highest BCUT2D eigenvalue weighted by Crippen LogP contribution is 2.34. The van der Waals surface area contributed by atoms with Crippen LogP contribution < -0.4 is 4.74 Å². The Kier molecular flexibility index (Phi) is 4.61. The van der Waals surface area contributed by atoms with Crippen LogP contribution in [0.5, 0.6) is 5.75 Å². The lowest BCUT2D eigenvalue weighted by molar-refractivity contribution is -0.111. The predicted molar refractivity (Wildman–Crippen MR) is 79.4 cm³/mol. The van der Waals surface area contributed by atoms with Crippen molar-refractivity contribution >= 4 is 28.2 Å². The second kappa shape index (κ2) is 6.22. The molecule has 0 aliphatic heterocycles. The van der Waals surface area contributed by atoms with E-state index in [0.717, 1.165) is 21.8 Å². The van der Waals surface area contributed by atoms with E-state index in [1.54, 1.807) is 18.4 Å². The van der Waals surface area contributed by atoms with Gasteiger partial charge in [-0.2, -0.15) is 0 Å². The van der Waals surface area contributed by atoms with E-state index in [9.17, 15) is 4.79 Å². The zero-order valence-electron chi connectivity index (χ0n) is 10.9. The summed E-state index contributed by atoms with van der Waals surface area (Å²) in [6.07, 6.45) is 0.313. The fraction of sp³-hybridized carbons (Fsp3) is 0.267. The molecule has 1 aromatic heterocycles. The van der Waals surface area contributed by atoms with Gasteiger partial charge in [0, 0.05) is 17.2 Å². The quantitative estimate of drug-likeness (QED) is 0.766. The number of benzene rings is 1. The lowest BCUT2D eigenvalue weighted by Gasteiger charge is -2.16. The zero-order chi connectivity index (χ0) is 13.8. The standard InChI is InChI=1S/C15H15ClO2S/c1-10-8-11(5-6-13(10)18-2)12(9-15(16)17)14-4-3-7-19-14/h3-8,12H,9H2,1-2H3. The van der Waals surface area contributed by atoms with Gasteiger partial charge in [-0.15, -0.1) is 11.3 Å². The van der Waals surface area contributed by atoms with Gasteiger partial charge < -0.3 is 4.74 Å². The van der Waals surface area contributed by atoms with Crippen LogP contribution in [0.15, 0.2) is 35.7 Å². The Morgan fingerprint density at radius 1 is 1.42 bits per heavy atom. The van der Waals surface area contributed by atoms with Crippen LogP contribution in [0.4, 0.5) is 0 Å². The average Bonchev–Trinajstić information content (AvgIpc) is 2.89. The van der Waals surface area contributed by atoms with E-state index in [4.69, 9.17) is 16.3 Å². The number of rotatable bonds is 5. The molecular formula is C15H15ClO2S. The minimum atomic E-state index is -0.313. The topological polar surface area (TPSA) is 26.3 Å². The van der Waals surface area contributed by atoms with Crippen molar-refractivity contribution in [3.63, 3.8) is 0 Å². The molecule has 2 nitrogen and oxygen atoms in total. The molecule has 100 valence electrons. The number of hydrogen-bond acceptors (Lipinski definition) is 3. The number of thiophene rings is 1. The third-order valence-corrected chi connectivity index (χ3v) is 4.21. The van der Waals surface area contributed by atoms with Crippen molar-refractivity contribution in [1.29, 1.82) is 0 Å². The van der Waals surface area contributed by atoms with E-state index < -0.39 is 0 Å². The molecule has 0 N–H and O–H groups in total. The third-order valence-electron chi connectivity index (χ3n) is 3.07. The van der Waals surface area contributed by atoms with Crippen molar-refractivity contribution in [2.75, 3.05) is 7.11 Å². The summed E-state index contributed by atoms with van der Waals surface area (Å²) >= 11 is 7.22. The molecule has 1 aromatic carbocycles. The van der Waals surface area contributed by atoms with Crippen LogP contribution in [0.1, 0.15) is 28.3 Å². The summed E-state index contributed by atoms with van der Waals surface area (Å²) in [7, 11) is 1.65. The SMILES string of the molecule is COc1ccc(C(CC(=O)Cl)c2cccs2)cc1C. The normalized spacial score (nSPS) is 12.2. The van der Waals surface area contributed by atoms with Gasteiger partial charge in [-0.25, -0.2) is 0 Å². The van der Waals surface area contributed by atoms with E-state index in [-0.39, 0.29) is 11.2 Å². The Morgan fingerprint density at radius 2 is 2.21 bits per heavy atom. The second-order valence-corrected chi connectivity index (χ2v) is 5.76. The number of carbonyl (C=O) groups is 1. The number of hydrogen-bond donors (Lipinski definition) is 0. The smallest absolute Gasteiger partial charge is 0.222 e. The Balaban J connectivity index is 2.38. The first kappa shape index (κ1) is 14.1. The van der Waals surface area contributed by atoms with Crippen molar-refractivity contribution < 1.29 is 9.53 Å². The number of carbonyl (C=O) groups excluding carboxylic acids is 1. The first-order valence-corrected chi connectivity index (χ1v) is 7.24. The monoisotopic (exact) mass is 294 g/mol. The maximum atomic E-state index is 11.3. The second-order valence-electron chi connectivity index (χ2n) is 4.36. The van der Waals surface area contributed by atoms with Gasteiger partial charge in [-0.3, -0.25) is 4.79 Å². The number of methoxy groups -OCH3 is 1. The van der Waals surface area contributed by atoms with Gasteiger partial charge in [0.05, 0.1) is 7.11 Å². The maximum absolute atomic E-state index is 11.3. The van der Waals surface area contributed by atoms with Gasteiger partial charge >= 0.3 is 0 Å². The summed E-state index contributed by atoms with van der Waals surface area (Å²) in [4.78, 5) is 12.4. The molecule has 0 saturated heterocycles. The minimum absolute atomic E-state index is 0.0228. The van der Waals surface area contributed by atoms with E-state index in [1.807, 2.05) is 36.6 Å². The van der Waals surface area contributed by atoms with Gasteiger partial charge in [-0.1, -0.05) is 18.2 Å². The molecule has 0 aliphatic carbocycles. The highest BCUT2D eigenvalue weighted by atomic mass is 35.5. The van der Waals surface area contributed by atoms with E-state index in [1.165, 1.54) is 0 Å². The van der Waals surface area contributed by atoms with Crippen LogP contribution in [-0.2, 0) is 4.79 Å². The molecular weight excluding hydrogens is 280 g/mol. The molecule has 0 spiro atoms. The van der Waals surface area contributed by atoms with Gasteiger partial charge in [-0.05, 0) is 47.2 Å². The van der Waals surface area contributed by atoms with Crippen LogP contribution in [0.3, 0.4) is 0 Å². The van der Waals surface area contributed by atoms with Crippen LogP contribution in [0.2, 0.25) is 0 Å². The molecule has 0 bridgehead atoms. The molecule has 1 atom stereocenters. The lowest BCUT2D eigenvalue weighted by Crippen LogP contribution is -2.04. The third kappa shape index (κ3) is 3.37. The van der Waals surface area contributed by atoms with Crippen LogP contribution in [-0.4, -0.2) is 12.4 Å². The fourth-order valence-corrected chi connectivity index (χ4v) is 3.16. The largest absolute Gasteiger partial charge is 0.496 e. The Morgan fingerprint density at radius 3 is 2.74 bits per heavy atom. The molecule has 2 aromatic rings. The van der Waals surface area contributed by atoms with Crippen molar-refractivity contribution in [2.24, 2.45) is 0 Å². The van der Waals surface area contributed by atoms with Gasteiger partial charge in [0.1, 0.15) is 5.75 Å². The number of aryl methyl sites for hydroxylation is 1. The number of halogens is 1. The zero-order valence-corrected chi connectivity index (χ0v) is 12.4. The van der Waals surface area contributed by atoms with Crippen molar-refractivity contribution in [1.82, 2.24) is 0 Å². The molecule has 0 fully saturated rings. The molecule has 0 saturated carbocycles. The average molecular weight is 295 g/mol. The minimum Gasteiger partial charge on any atom is -0.496 e. The van der Waals surface area contributed by atoms with Crippen LogP contribution in [0, 0.1) is 6.92 Å². The molecule has 4 heteroatoms. The maximum Gasteiger partial charge on any atom is 0.222 e. The summed E-state index contributed by atoms with van der Waals surface area (Å²) in [5, 5.41) is 1.70. The van der Waals surface area contributed by atoms with Crippen LogP contribution >= 0.6 is 22.9 Å². The number of ether oxygens (including phenoxy) is 1. The summed E-state index contributed by atoms with van der Waals surface area (Å²) in [6.45, 7) is 2.00. The van der Waals surface area contributed by atoms with E-state index >= 15 is 0 Å². The van der Waals surface area contributed by atoms with Gasteiger partial charge in [0.2, 0.25) is 5.24 Å². The summed E-state index contributed by atoms with van der Waals surface area (Å²) in [6, 6.07) is 10.0. The lowest BCUT2D eigenvalue weighted by atomic mass is 9.93. The van der Waals surface area contributed by atoms with Crippen LogP contribution in [0.25, 0.3) is 0 Å². The highest BCUT2D eigenvalue weighted by molar-refractivity contribution is 7.10. The molecule has 0 aliphatic rings. The van der Waals surface area contributed by atoms with E-state index in [2.05, 4.69) is 6.07 Å². The molecule has 2 rings (SSSR count). The fourth-order valence-electron chi connectivity index (χ4n) is 2.15. The first-order valence-electron chi connectivity index (χ1n) is 5.98. The Labute approximate surface area is 122 Å². The summed E-state index contributed by atoms with van der Waals surface area (Å²) in [5.41, 5.74) is 2.15. The van der Waals surface area contributed by atoms with Crippen molar-refractivity contribution in [3.05, 3.63) is 51.7 Å². The van der Waals surface area contributed by atoms with Gasteiger partial charge in [0.15, 0.2) is 0 Å². The predicted octanol–water partition coefficient (Wildman–Crippen LogP) is 4.35. The molecule has 1 unspecified atom stereocenters. The van der Waals surface area contributed by atoms with Crippen molar-refractivity contribution in [3.8, 4) is 5.75 Å². The first-order chi connectivity index (χ1) is 9.11. The molecule has 0 amide bonds. The highest BCUT2D eigenvalue weighted by Gasteiger charge is 2.19. The van der Waals surface area contributed by atoms with E-state index in [0.29, 0.717) is 6.42 Å². The molecule has 0 radical (unpaired) electrons. The summed E-state index contributed by atoms with van der Waals surface area (Å²) < 4.78 is 5.26. The molecule has 19 heavy (non-hydrogen) atoms. The Hall–Kier alpha value is -1.32. The van der Waals surface area contributed by atoms with Gasteiger partial charge in [0.25, 0.3) is 0 Å². The molecule has 1 heterocycles. The summed E-state index contributed by atoms with van der Waals surface area (Å²) in [5.74, 6) is 0.875. The van der Waals surface area contributed by atoms with Crippen molar-refractivity contribution in [2.45, 2.75) is 19.3 Å². The Bertz CT molecular complexity index is 564.